The number of carbonyl (C=O) groups excluding carboxylic acids is 1. The second-order valence-electron chi connectivity index (χ2n) is 4.58. The van der Waals surface area contributed by atoms with Crippen LogP contribution in [0.4, 0.5) is 11.5 Å². The molecule has 1 aliphatic rings. The van der Waals surface area contributed by atoms with Gasteiger partial charge in [0, 0.05) is 29.8 Å². The molecule has 8 nitrogen and oxygen atoms in total. The number of aromatic nitrogens is 1. The first-order chi connectivity index (χ1) is 9.99. The second kappa shape index (κ2) is 6.81. The highest BCUT2D eigenvalue weighted by Gasteiger charge is 2.25. The lowest BCUT2D eigenvalue weighted by Gasteiger charge is -2.29. The number of rotatable bonds is 4. The van der Waals surface area contributed by atoms with Crippen molar-refractivity contribution in [2.24, 2.45) is 0 Å². The van der Waals surface area contributed by atoms with E-state index >= 15 is 0 Å². The van der Waals surface area contributed by atoms with Crippen LogP contribution in [0.15, 0.2) is 16.7 Å². The Morgan fingerprint density at radius 1 is 1.57 bits per heavy atom. The van der Waals surface area contributed by atoms with Gasteiger partial charge in [-0.1, -0.05) is 0 Å². The SMILES string of the molecule is CC(Nc1ncc(Br)cc1[N+](=O)[O-])C(=O)N1CCOCC1. The van der Waals surface area contributed by atoms with Crippen molar-refractivity contribution in [3.05, 3.63) is 26.9 Å². The Kier molecular flexibility index (Phi) is 5.07. The monoisotopic (exact) mass is 358 g/mol. The Bertz CT molecular complexity index is 548. The number of morpholine rings is 1. The fraction of sp³-hybridized carbons (Fsp3) is 0.500. The highest BCUT2D eigenvalue weighted by atomic mass is 79.9. The van der Waals surface area contributed by atoms with E-state index in [1.807, 2.05) is 0 Å². The third kappa shape index (κ3) is 3.88. The number of nitro groups is 1. The molecule has 1 N–H and O–H groups in total. The van der Waals surface area contributed by atoms with Crippen LogP contribution in [-0.4, -0.2) is 53.1 Å². The van der Waals surface area contributed by atoms with Gasteiger partial charge in [-0.15, -0.1) is 0 Å². The normalized spacial score (nSPS) is 16.4. The molecule has 114 valence electrons. The summed E-state index contributed by atoms with van der Waals surface area (Å²) in [7, 11) is 0. The summed E-state index contributed by atoms with van der Waals surface area (Å²) in [5.41, 5.74) is -0.175. The van der Waals surface area contributed by atoms with E-state index in [1.165, 1.54) is 12.3 Å². The van der Waals surface area contributed by atoms with Crippen LogP contribution >= 0.6 is 15.9 Å². The third-order valence-electron chi connectivity index (χ3n) is 3.08. The zero-order valence-corrected chi connectivity index (χ0v) is 13.0. The number of halogens is 1. The van der Waals surface area contributed by atoms with Crippen LogP contribution in [0.25, 0.3) is 0 Å². The van der Waals surface area contributed by atoms with E-state index in [0.29, 0.717) is 30.8 Å². The molecule has 1 amide bonds. The number of nitrogens with zero attached hydrogens (tertiary/aromatic N) is 3. The summed E-state index contributed by atoms with van der Waals surface area (Å²) in [6.07, 6.45) is 1.45. The molecular weight excluding hydrogens is 344 g/mol. The van der Waals surface area contributed by atoms with E-state index < -0.39 is 11.0 Å². The molecule has 2 rings (SSSR count). The molecular formula is C12H15BrN4O4. The van der Waals surface area contributed by atoms with E-state index in [9.17, 15) is 14.9 Å². The van der Waals surface area contributed by atoms with Crippen molar-refractivity contribution < 1.29 is 14.5 Å². The molecule has 2 heterocycles. The molecule has 0 aromatic carbocycles. The largest absolute Gasteiger partial charge is 0.378 e. The summed E-state index contributed by atoms with van der Waals surface area (Å²) in [5, 5.41) is 13.8. The minimum atomic E-state index is -0.601. The molecule has 1 saturated heterocycles. The van der Waals surface area contributed by atoms with Crippen LogP contribution in [0.1, 0.15) is 6.92 Å². The van der Waals surface area contributed by atoms with Crippen LogP contribution in [0.5, 0.6) is 0 Å². The van der Waals surface area contributed by atoms with Crippen molar-refractivity contribution in [2.75, 3.05) is 31.6 Å². The van der Waals surface area contributed by atoms with E-state index in [4.69, 9.17) is 4.74 Å². The zero-order valence-electron chi connectivity index (χ0n) is 11.4. The Morgan fingerprint density at radius 2 is 2.24 bits per heavy atom. The van der Waals surface area contributed by atoms with Gasteiger partial charge in [0.25, 0.3) is 0 Å². The Balaban J connectivity index is 2.10. The van der Waals surface area contributed by atoms with Crippen molar-refractivity contribution in [1.29, 1.82) is 0 Å². The Hall–Kier alpha value is -1.74. The highest BCUT2D eigenvalue weighted by Crippen LogP contribution is 2.26. The number of hydrogen-bond donors (Lipinski definition) is 1. The minimum absolute atomic E-state index is 0.0808. The Labute approximate surface area is 129 Å². The van der Waals surface area contributed by atoms with Crippen molar-refractivity contribution in [3.63, 3.8) is 0 Å². The third-order valence-corrected chi connectivity index (χ3v) is 3.51. The molecule has 1 unspecified atom stereocenters. The molecule has 1 aliphatic heterocycles. The number of carbonyl (C=O) groups is 1. The van der Waals surface area contributed by atoms with Gasteiger partial charge < -0.3 is 15.0 Å². The fourth-order valence-electron chi connectivity index (χ4n) is 2.00. The first-order valence-electron chi connectivity index (χ1n) is 6.42. The summed E-state index contributed by atoms with van der Waals surface area (Å²) in [5.74, 6) is -0.0466. The highest BCUT2D eigenvalue weighted by molar-refractivity contribution is 9.10. The number of anilines is 1. The lowest BCUT2D eigenvalue weighted by molar-refractivity contribution is -0.384. The standard InChI is InChI=1S/C12H15BrN4O4/c1-8(12(18)16-2-4-21-5-3-16)15-11-10(17(19)20)6-9(13)7-14-11/h6-8H,2-5H2,1H3,(H,14,15). The average Bonchev–Trinajstić information content (AvgIpc) is 2.49. The molecule has 1 aromatic rings. The summed E-state index contributed by atoms with van der Waals surface area (Å²) >= 11 is 3.14. The molecule has 9 heteroatoms. The number of pyridine rings is 1. The predicted octanol–water partition coefficient (Wildman–Crippen LogP) is 1.41. The van der Waals surface area contributed by atoms with Crippen molar-refractivity contribution in [2.45, 2.75) is 13.0 Å². The topological polar surface area (TPSA) is 97.6 Å². The maximum absolute atomic E-state index is 12.3. The van der Waals surface area contributed by atoms with Crippen LogP contribution in [-0.2, 0) is 9.53 Å². The van der Waals surface area contributed by atoms with Crippen LogP contribution in [0.3, 0.4) is 0 Å². The summed E-state index contributed by atoms with van der Waals surface area (Å²) in [4.78, 5) is 28.4. The van der Waals surface area contributed by atoms with Gasteiger partial charge in [-0.05, 0) is 22.9 Å². The molecule has 0 aliphatic carbocycles. The molecule has 0 radical (unpaired) electrons. The van der Waals surface area contributed by atoms with Gasteiger partial charge in [0.15, 0.2) is 0 Å². The van der Waals surface area contributed by atoms with Gasteiger partial charge in [0.2, 0.25) is 11.7 Å². The van der Waals surface area contributed by atoms with Crippen molar-refractivity contribution in [1.82, 2.24) is 9.88 Å². The summed E-state index contributed by atoms with van der Waals surface area (Å²) < 4.78 is 5.70. The van der Waals surface area contributed by atoms with Crippen molar-refractivity contribution in [3.8, 4) is 0 Å². The molecule has 0 saturated carbocycles. The molecule has 0 spiro atoms. The molecule has 1 atom stereocenters. The van der Waals surface area contributed by atoms with Crippen LogP contribution in [0, 0.1) is 10.1 Å². The lowest BCUT2D eigenvalue weighted by Crippen LogP contribution is -2.47. The second-order valence-corrected chi connectivity index (χ2v) is 5.50. The number of ether oxygens (including phenoxy) is 1. The van der Waals surface area contributed by atoms with E-state index in [1.54, 1.807) is 11.8 Å². The van der Waals surface area contributed by atoms with Gasteiger partial charge in [-0.3, -0.25) is 14.9 Å². The van der Waals surface area contributed by atoms with Gasteiger partial charge >= 0.3 is 5.69 Å². The van der Waals surface area contributed by atoms with Gasteiger partial charge in [0.1, 0.15) is 6.04 Å². The van der Waals surface area contributed by atoms with E-state index in [-0.39, 0.29) is 17.4 Å². The molecule has 0 bridgehead atoms. The summed E-state index contributed by atoms with van der Waals surface area (Å²) in [6.45, 7) is 3.73. The quantitative estimate of drug-likeness (QED) is 0.645. The maximum Gasteiger partial charge on any atom is 0.312 e. The first kappa shape index (κ1) is 15.6. The average molecular weight is 359 g/mol. The minimum Gasteiger partial charge on any atom is -0.378 e. The number of hydrogen-bond acceptors (Lipinski definition) is 6. The van der Waals surface area contributed by atoms with Gasteiger partial charge in [-0.25, -0.2) is 4.98 Å². The van der Waals surface area contributed by atoms with E-state index in [2.05, 4.69) is 26.2 Å². The van der Waals surface area contributed by atoms with Crippen LogP contribution in [0.2, 0.25) is 0 Å². The predicted molar refractivity (Wildman–Crippen MR) is 79.1 cm³/mol. The molecule has 1 fully saturated rings. The number of amides is 1. The van der Waals surface area contributed by atoms with Crippen LogP contribution < -0.4 is 5.32 Å². The van der Waals surface area contributed by atoms with E-state index in [0.717, 1.165) is 0 Å². The van der Waals surface area contributed by atoms with Gasteiger partial charge in [-0.2, -0.15) is 0 Å². The Morgan fingerprint density at radius 3 is 2.86 bits per heavy atom. The molecule has 1 aromatic heterocycles. The van der Waals surface area contributed by atoms with Crippen molar-refractivity contribution >= 4 is 33.3 Å². The van der Waals surface area contributed by atoms with Gasteiger partial charge in [0.05, 0.1) is 18.1 Å². The smallest absolute Gasteiger partial charge is 0.312 e. The zero-order chi connectivity index (χ0) is 15.4. The maximum atomic E-state index is 12.3. The lowest BCUT2D eigenvalue weighted by atomic mass is 10.2. The molecule has 21 heavy (non-hydrogen) atoms. The summed E-state index contributed by atoms with van der Waals surface area (Å²) in [6, 6.07) is 0.747. The number of nitrogens with one attached hydrogen (secondary N) is 1. The fourth-order valence-corrected chi connectivity index (χ4v) is 2.32. The first-order valence-corrected chi connectivity index (χ1v) is 7.21.